The van der Waals surface area contributed by atoms with Gasteiger partial charge in [-0.25, -0.2) is 0 Å². The van der Waals surface area contributed by atoms with Gasteiger partial charge in [0, 0.05) is 12.2 Å². The highest BCUT2D eigenvalue weighted by Gasteiger charge is 2.32. The quantitative estimate of drug-likeness (QED) is 0.779. The Morgan fingerprint density at radius 3 is 2.74 bits per heavy atom. The fraction of sp³-hybridized carbons (Fsp3) is 0.529. The summed E-state index contributed by atoms with van der Waals surface area (Å²) in [5.74, 6) is 0.251. The Bertz CT molecular complexity index is 528. The lowest BCUT2D eigenvalue weighted by molar-refractivity contribution is -0.158. The van der Waals surface area contributed by atoms with Crippen LogP contribution in [0.5, 0.6) is 5.75 Å². The van der Waals surface area contributed by atoms with Crippen LogP contribution in [0.1, 0.15) is 26.7 Å². The van der Waals surface area contributed by atoms with Gasteiger partial charge in [0.15, 0.2) is 0 Å². The second-order valence-corrected chi connectivity index (χ2v) is 5.43. The molecule has 1 aliphatic heterocycles. The molecule has 1 N–H and O–H groups in total. The molecule has 0 saturated carbocycles. The molecule has 1 amide bonds. The summed E-state index contributed by atoms with van der Waals surface area (Å²) in [5, 5.41) is 2.81. The number of ether oxygens (including phenoxy) is 2. The van der Waals surface area contributed by atoms with Gasteiger partial charge in [0.25, 0.3) is 0 Å². The van der Waals surface area contributed by atoms with Crippen molar-refractivity contribution in [2.45, 2.75) is 32.7 Å². The maximum absolute atomic E-state index is 12.2. The van der Waals surface area contributed by atoms with Crippen molar-refractivity contribution >= 4 is 17.6 Å². The van der Waals surface area contributed by atoms with Crippen LogP contribution in [-0.4, -0.2) is 49.1 Å². The average molecular weight is 320 g/mol. The van der Waals surface area contributed by atoms with Gasteiger partial charge in [-0.2, -0.15) is 0 Å². The van der Waals surface area contributed by atoms with Crippen molar-refractivity contribution in [1.29, 1.82) is 0 Å². The molecule has 23 heavy (non-hydrogen) atoms. The lowest BCUT2D eigenvalue weighted by atomic mass is 10.1. The van der Waals surface area contributed by atoms with E-state index in [1.54, 1.807) is 24.3 Å². The van der Waals surface area contributed by atoms with E-state index in [-0.39, 0.29) is 18.3 Å². The zero-order valence-corrected chi connectivity index (χ0v) is 13.7. The van der Waals surface area contributed by atoms with Crippen molar-refractivity contribution in [3.05, 3.63) is 24.3 Å². The van der Waals surface area contributed by atoms with E-state index in [2.05, 4.69) is 12.2 Å². The summed E-state index contributed by atoms with van der Waals surface area (Å²) in [6.45, 7) is 6.44. The number of cyclic esters (lactones) is 1. The van der Waals surface area contributed by atoms with Gasteiger partial charge >= 0.3 is 5.97 Å². The predicted octanol–water partition coefficient (Wildman–Crippen LogP) is 2.05. The minimum atomic E-state index is -0.494. The predicted molar refractivity (Wildman–Crippen MR) is 87.5 cm³/mol. The maximum Gasteiger partial charge on any atom is 0.323 e. The molecule has 0 aromatic heterocycles. The molecule has 0 radical (unpaired) electrons. The molecular weight excluding hydrogens is 296 g/mol. The fourth-order valence-corrected chi connectivity index (χ4v) is 2.62. The van der Waals surface area contributed by atoms with E-state index < -0.39 is 6.04 Å². The maximum atomic E-state index is 12.2. The third-order valence-corrected chi connectivity index (χ3v) is 3.67. The number of hydrogen-bond acceptors (Lipinski definition) is 5. The van der Waals surface area contributed by atoms with Crippen molar-refractivity contribution in [3.8, 4) is 5.75 Å². The van der Waals surface area contributed by atoms with Crippen LogP contribution in [0.3, 0.4) is 0 Å². The molecule has 0 aliphatic carbocycles. The Balaban J connectivity index is 1.93. The molecular formula is C17H24N2O4. The Kier molecular flexibility index (Phi) is 6.40. The zero-order chi connectivity index (χ0) is 16.7. The van der Waals surface area contributed by atoms with Crippen LogP contribution in [-0.2, 0) is 14.3 Å². The van der Waals surface area contributed by atoms with E-state index in [4.69, 9.17) is 9.47 Å². The van der Waals surface area contributed by atoms with Crippen LogP contribution in [0.2, 0.25) is 0 Å². The lowest BCUT2D eigenvalue weighted by Crippen LogP contribution is -2.50. The number of anilines is 1. The summed E-state index contributed by atoms with van der Waals surface area (Å²) in [6, 6.07) is 6.68. The molecule has 1 unspecified atom stereocenters. The van der Waals surface area contributed by atoms with Crippen molar-refractivity contribution < 1.29 is 19.1 Å². The van der Waals surface area contributed by atoms with E-state index in [0.29, 0.717) is 25.4 Å². The van der Waals surface area contributed by atoms with Crippen molar-refractivity contribution in [1.82, 2.24) is 4.90 Å². The van der Waals surface area contributed by atoms with Gasteiger partial charge in [-0.05, 0) is 44.2 Å². The number of nitrogens with zero attached hydrogens (tertiary/aromatic N) is 1. The summed E-state index contributed by atoms with van der Waals surface area (Å²) >= 11 is 0. The number of benzene rings is 1. The van der Waals surface area contributed by atoms with Crippen molar-refractivity contribution in [3.63, 3.8) is 0 Å². The monoisotopic (exact) mass is 320 g/mol. The van der Waals surface area contributed by atoms with E-state index in [1.165, 1.54) is 0 Å². The first-order valence-electron chi connectivity index (χ1n) is 8.07. The van der Waals surface area contributed by atoms with Crippen molar-refractivity contribution in [2.75, 3.05) is 31.6 Å². The first-order valence-corrected chi connectivity index (χ1v) is 8.07. The molecule has 1 aromatic carbocycles. The molecule has 0 bridgehead atoms. The number of rotatable bonds is 7. The number of hydrogen-bond donors (Lipinski definition) is 1. The van der Waals surface area contributed by atoms with Crippen LogP contribution >= 0.6 is 0 Å². The highest BCUT2D eigenvalue weighted by Crippen LogP contribution is 2.17. The first kappa shape index (κ1) is 17.3. The second kappa shape index (κ2) is 8.53. The Labute approximate surface area is 136 Å². The van der Waals surface area contributed by atoms with Gasteiger partial charge in [-0.1, -0.05) is 6.92 Å². The molecule has 1 saturated heterocycles. The van der Waals surface area contributed by atoms with Gasteiger partial charge in [0.1, 0.15) is 18.4 Å². The summed E-state index contributed by atoms with van der Waals surface area (Å²) in [7, 11) is 0. The third kappa shape index (κ3) is 4.96. The average Bonchev–Trinajstić information content (AvgIpc) is 2.53. The molecule has 6 heteroatoms. The summed E-state index contributed by atoms with van der Waals surface area (Å²) in [5.41, 5.74) is 0.685. The van der Waals surface area contributed by atoms with Gasteiger partial charge in [0.2, 0.25) is 5.91 Å². The topological polar surface area (TPSA) is 67.9 Å². The molecule has 2 rings (SSSR count). The second-order valence-electron chi connectivity index (χ2n) is 5.43. The lowest BCUT2D eigenvalue weighted by Gasteiger charge is -2.33. The first-order chi connectivity index (χ1) is 11.1. The molecule has 0 spiro atoms. The number of morpholine rings is 1. The number of carbonyl (C=O) groups is 2. The summed E-state index contributed by atoms with van der Waals surface area (Å²) in [6.07, 6.45) is 1.04. The molecule has 6 nitrogen and oxygen atoms in total. The van der Waals surface area contributed by atoms with Gasteiger partial charge < -0.3 is 14.8 Å². The third-order valence-electron chi connectivity index (χ3n) is 3.67. The molecule has 126 valence electrons. The van der Waals surface area contributed by atoms with Crippen LogP contribution in [0.25, 0.3) is 0 Å². The van der Waals surface area contributed by atoms with Gasteiger partial charge in [-0.15, -0.1) is 0 Å². The van der Waals surface area contributed by atoms with Gasteiger partial charge in [-0.3, -0.25) is 14.5 Å². The van der Waals surface area contributed by atoms with Crippen LogP contribution < -0.4 is 10.1 Å². The van der Waals surface area contributed by atoms with E-state index >= 15 is 0 Å². The summed E-state index contributed by atoms with van der Waals surface area (Å²) in [4.78, 5) is 26.2. The Morgan fingerprint density at radius 1 is 1.35 bits per heavy atom. The van der Waals surface area contributed by atoms with E-state index in [9.17, 15) is 9.59 Å². The minimum Gasteiger partial charge on any atom is -0.494 e. The number of carbonyl (C=O) groups excluding carboxylic acids is 2. The Morgan fingerprint density at radius 2 is 2.09 bits per heavy atom. The largest absolute Gasteiger partial charge is 0.494 e. The van der Waals surface area contributed by atoms with Crippen LogP contribution in [0, 0.1) is 0 Å². The van der Waals surface area contributed by atoms with Crippen LogP contribution in [0.4, 0.5) is 5.69 Å². The summed E-state index contributed by atoms with van der Waals surface area (Å²) < 4.78 is 10.4. The molecule has 1 fully saturated rings. The fourth-order valence-electron chi connectivity index (χ4n) is 2.62. The molecule has 1 atom stereocenters. The SMILES string of the molecule is CCCN1CCOC(=O)C1CC(=O)Nc1ccc(OCC)cc1. The van der Waals surface area contributed by atoms with Gasteiger partial charge in [0.05, 0.1) is 13.0 Å². The molecule has 1 heterocycles. The van der Waals surface area contributed by atoms with E-state index in [1.807, 2.05) is 11.8 Å². The van der Waals surface area contributed by atoms with Crippen LogP contribution in [0.15, 0.2) is 24.3 Å². The highest BCUT2D eigenvalue weighted by molar-refractivity contribution is 5.94. The highest BCUT2D eigenvalue weighted by atomic mass is 16.5. The Hall–Kier alpha value is -2.08. The van der Waals surface area contributed by atoms with Crippen molar-refractivity contribution in [2.24, 2.45) is 0 Å². The normalized spacial score (nSPS) is 18.3. The minimum absolute atomic E-state index is 0.103. The molecule has 1 aliphatic rings. The number of amides is 1. The number of nitrogens with one attached hydrogen (secondary N) is 1. The number of esters is 1. The zero-order valence-electron chi connectivity index (χ0n) is 13.7. The smallest absolute Gasteiger partial charge is 0.323 e. The molecule has 1 aromatic rings. The standard InChI is InChI=1S/C17H24N2O4/c1-3-9-19-10-11-23-17(21)15(19)12-16(20)18-13-5-7-14(8-6-13)22-4-2/h5-8,15H,3-4,9-12H2,1-2H3,(H,18,20). The van der Waals surface area contributed by atoms with E-state index in [0.717, 1.165) is 18.7 Å².